The van der Waals surface area contributed by atoms with Crippen molar-refractivity contribution < 1.29 is 8.42 Å². The number of nitrogens with one attached hydrogen (secondary N) is 3. The van der Waals surface area contributed by atoms with E-state index in [1.165, 1.54) is 0 Å². The topological polar surface area (TPSA) is 86.9 Å². The molecule has 0 fully saturated rings. The van der Waals surface area contributed by atoms with Crippen molar-refractivity contribution in [1.29, 1.82) is 0 Å². The summed E-state index contributed by atoms with van der Waals surface area (Å²) in [5.74, 6) is 0.00773. The van der Waals surface area contributed by atoms with Crippen LogP contribution in [0.15, 0.2) is 30.3 Å². The Morgan fingerprint density at radius 1 is 1.14 bits per heavy atom. The molecular weight excluding hydrogens is 300 g/mol. The van der Waals surface area contributed by atoms with Crippen LogP contribution in [-0.4, -0.2) is 31.7 Å². The standard InChI is InChI=1S/C15H22N4O2S/c1-12-15(13(2)19-18-12)10-16-8-9-17-22(20,21)11-14-6-4-3-5-7-14/h3-7,16-17H,8-11H2,1-2H3,(H,18,19). The zero-order valence-electron chi connectivity index (χ0n) is 12.9. The molecule has 1 aromatic carbocycles. The van der Waals surface area contributed by atoms with Crippen molar-refractivity contribution >= 4 is 10.0 Å². The van der Waals surface area contributed by atoms with Crippen molar-refractivity contribution in [2.45, 2.75) is 26.1 Å². The predicted molar refractivity (Wildman–Crippen MR) is 86.8 cm³/mol. The van der Waals surface area contributed by atoms with Gasteiger partial charge in [-0.25, -0.2) is 13.1 Å². The highest BCUT2D eigenvalue weighted by molar-refractivity contribution is 7.88. The zero-order chi connectivity index (χ0) is 16.0. The number of sulfonamides is 1. The molecule has 0 radical (unpaired) electrons. The smallest absolute Gasteiger partial charge is 0.215 e. The number of aryl methyl sites for hydroxylation is 2. The average Bonchev–Trinajstić information content (AvgIpc) is 2.79. The molecule has 2 rings (SSSR count). The molecule has 6 nitrogen and oxygen atoms in total. The molecular formula is C15H22N4O2S. The van der Waals surface area contributed by atoms with Gasteiger partial charge in [-0.05, 0) is 19.4 Å². The van der Waals surface area contributed by atoms with Gasteiger partial charge in [-0.1, -0.05) is 30.3 Å². The average molecular weight is 322 g/mol. The van der Waals surface area contributed by atoms with Crippen LogP contribution >= 0.6 is 0 Å². The van der Waals surface area contributed by atoms with Crippen LogP contribution < -0.4 is 10.0 Å². The molecule has 0 unspecified atom stereocenters. The van der Waals surface area contributed by atoms with E-state index in [1.54, 1.807) is 0 Å². The van der Waals surface area contributed by atoms with Crippen LogP contribution in [0, 0.1) is 13.8 Å². The van der Waals surface area contributed by atoms with Gasteiger partial charge in [0.15, 0.2) is 0 Å². The fourth-order valence-corrected chi connectivity index (χ4v) is 3.33. The Labute approximate surface area is 131 Å². The first-order valence-electron chi connectivity index (χ1n) is 7.20. The number of rotatable bonds is 8. The van der Waals surface area contributed by atoms with Gasteiger partial charge in [0, 0.05) is 30.9 Å². The Balaban J connectivity index is 1.72. The summed E-state index contributed by atoms with van der Waals surface area (Å²) in [5.41, 5.74) is 3.92. The summed E-state index contributed by atoms with van der Waals surface area (Å²) in [6.45, 7) is 5.53. The monoisotopic (exact) mass is 322 g/mol. The Kier molecular flexibility index (Phi) is 5.70. The van der Waals surface area contributed by atoms with E-state index in [0.717, 1.165) is 22.5 Å². The second-order valence-electron chi connectivity index (χ2n) is 5.23. The van der Waals surface area contributed by atoms with Crippen LogP contribution in [0.2, 0.25) is 0 Å². The molecule has 0 aliphatic carbocycles. The number of H-pyrrole nitrogens is 1. The molecule has 0 spiro atoms. The quantitative estimate of drug-likeness (QED) is 0.638. The van der Waals surface area contributed by atoms with E-state index in [0.29, 0.717) is 19.6 Å². The maximum atomic E-state index is 11.9. The molecule has 0 amide bonds. The fraction of sp³-hybridized carbons (Fsp3) is 0.400. The maximum absolute atomic E-state index is 11.9. The van der Waals surface area contributed by atoms with Crippen molar-refractivity contribution in [2.24, 2.45) is 0 Å². The molecule has 0 atom stereocenters. The van der Waals surface area contributed by atoms with Gasteiger partial charge < -0.3 is 5.32 Å². The number of nitrogens with zero attached hydrogens (tertiary/aromatic N) is 1. The van der Waals surface area contributed by atoms with E-state index in [1.807, 2.05) is 44.2 Å². The number of hydrogen-bond acceptors (Lipinski definition) is 4. The summed E-state index contributed by atoms with van der Waals surface area (Å²) in [7, 11) is -3.29. The Bertz CT molecular complexity index is 676. The van der Waals surface area contributed by atoms with Crippen molar-refractivity contribution in [1.82, 2.24) is 20.2 Å². The summed E-state index contributed by atoms with van der Waals surface area (Å²) >= 11 is 0. The molecule has 7 heteroatoms. The second kappa shape index (κ2) is 7.53. The van der Waals surface area contributed by atoms with Crippen LogP contribution in [0.4, 0.5) is 0 Å². The Morgan fingerprint density at radius 3 is 2.50 bits per heavy atom. The lowest BCUT2D eigenvalue weighted by molar-refractivity contribution is 0.575. The first-order valence-corrected chi connectivity index (χ1v) is 8.85. The van der Waals surface area contributed by atoms with Gasteiger partial charge in [-0.15, -0.1) is 0 Å². The summed E-state index contributed by atoms with van der Waals surface area (Å²) < 4.78 is 26.5. The number of aromatic nitrogens is 2. The fourth-order valence-electron chi connectivity index (χ4n) is 2.19. The van der Waals surface area contributed by atoms with E-state index in [9.17, 15) is 8.42 Å². The lowest BCUT2D eigenvalue weighted by Crippen LogP contribution is -2.32. The van der Waals surface area contributed by atoms with E-state index in [2.05, 4.69) is 20.2 Å². The normalized spacial score (nSPS) is 11.7. The van der Waals surface area contributed by atoms with Gasteiger partial charge >= 0.3 is 0 Å². The van der Waals surface area contributed by atoms with Crippen LogP contribution in [0.3, 0.4) is 0 Å². The van der Waals surface area contributed by atoms with Crippen molar-refractivity contribution in [3.63, 3.8) is 0 Å². The predicted octanol–water partition coefficient (Wildman–Crippen LogP) is 1.24. The van der Waals surface area contributed by atoms with Gasteiger partial charge in [0.25, 0.3) is 0 Å². The third-order valence-electron chi connectivity index (χ3n) is 3.41. The number of benzene rings is 1. The second-order valence-corrected chi connectivity index (χ2v) is 7.04. The van der Waals surface area contributed by atoms with E-state index >= 15 is 0 Å². The molecule has 3 N–H and O–H groups in total. The Hall–Kier alpha value is -1.70. The maximum Gasteiger partial charge on any atom is 0.215 e. The minimum atomic E-state index is -3.29. The van der Waals surface area contributed by atoms with E-state index in [-0.39, 0.29) is 5.75 Å². The lowest BCUT2D eigenvalue weighted by atomic mass is 10.2. The minimum Gasteiger partial charge on any atom is -0.311 e. The highest BCUT2D eigenvalue weighted by atomic mass is 32.2. The Morgan fingerprint density at radius 2 is 1.86 bits per heavy atom. The highest BCUT2D eigenvalue weighted by Crippen LogP contribution is 2.08. The summed E-state index contributed by atoms with van der Waals surface area (Å²) in [4.78, 5) is 0. The molecule has 2 aromatic rings. The van der Waals surface area contributed by atoms with E-state index in [4.69, 9.17) is 0 Å². The number of hydrogen-bond donors (Lipinski definition) is 3. The van der Waals surface area contributed by atoms with Crippen molar-refractivity contribution in [3.8, 4) is 0 Å². The molecule has 0 saturated carbocycles. The SMILES string of the molecule is Cc1n[nH]c(C)c1CNCCNS(=O)(=O)Cc1ccccc1. The molecule has 1 aromatic heterocycles. The van der Waals surface area contributed by atoms with Gasteiger partial charge in [0.2, 0.25) is 10.0 Å². The van der Waals surface area contributed by atoms with Gasteiger partial charge in [-0.3, -0.25) is 5.10 Å². The molecule has 0 aliphatic heterocycles. The van der Waals surface area contributed by atoms with Gasteiger partial charge in [0.05, 0.1) is 11.4 Å². The van der Waals surface area contributed by atoms with Crippen LogP contribution in [0.1, 0.15) is 22.5 Å². The zero-order valence-corrected chi connectivity index (χ0v) is 13.7. The first kappa shape index (κ1) is 16.7. The highest BCUT2D eigenvalue weighted by Gasteiger charge is 2.10. The van der Waals surface area contributed by atoms with Crippen LogP contribution in [0.25, 0.3) is 0 Å². The minimum absolute atomic E-state index is 0.00773. The van der Waals surface area contributed by atoms with Gasteiger partial charge in [-0.2, -0.15) is 5.10 Å². The molecule has 120 valence electrons. The van der Waals surface area contributed by atoms with E-state index < -0.39 is 10.0 Å². The number of aromatic amines is 1. The third-order valence-corrected chi connectivity index (χ3v) is 4.76. The largest absolute Gasteiger partial charge is 0.311 e. The summed E-state index contributed by atoms with van der Waals surface area (Å²) in [5, 5.41) is 10.3. The van der Waals surface area contributed by atoms with Crippen molar-refractivity contribution in [2.75, 3.05) is 13.1 Å². The lowest BCUT2D eigenvalue weighted by Gasteiger charge is -2.08. The van der Waals surface area contributed by atoms with Crippen LogP contribution in [-0.2, 0) is 22.3 Å². The molecule has 0 aliphatic rings. The molecule has 1 heterocycles. The molecule has 0 saturated heterocycles. The van der Waals surface area contributed by atoms with Gasteiger partial charge in [0.1, 0.15) is 0 Å². The van der Waals surface area contributed by atoms with Crippen molar-refractivity contribution in [3.05, 3.63) is 52.8 Å². The first-order chi connectivity index (χ1) is 10.5. The third kappa shape index (κ3) is 4.94. The summed E-state index contributed by atoms with van der Waals surface area (Å²) in [6.07, 6.45) is 0. The molecule has 0 bridgehead atoms. The van der Waals surface area contributed by atoms with Crippen LogP contribution in [0.5, 0.6) is 0 Å². The summed E-state index contributed by atoms with van der Waals surface area (Å²) in [6, 6.07) is 9.15. The molecule has 22 heavy (non-hydrogen) atoms.